The summed E-state index contributed by atoms with van der Waals surface area (Å²) in [6, 6.07) is 0. The molecular weight excluding hydrogens is 177 g/mol. The van der Waals surface area contributed by atoms with Gasteiger partial charge in [0.1, 0.15) is 5.92 Å². The molecule has 0 aromatic rings. The van der Waals surface area contributed by atoms with E-state index in [1.807, 2.05) is 0 Å². The van der Waals surface area contributed by atoms with Crippen molar-refractivity contribution >= 4 is 5.84 Å². The van der Waals surface area contributed by atoms with E-state index in [9.17, 15) is 13.2 Å². The Morgan fingerprint density at radius 2 is 2.17 bits per heavy atom. The summed E-state index contributed by atoms with van der Waals surface area (Å²) in [4.78, 5) is 0. The van der Waals surface area contributed by atoms with Gasteiger partial charge in [-0.25, -0.2) is 0 Å². The smallest absolute Gasteiger partial charge is 0.401 e. The molecule has 0 aliphatic heterocycles. The Kier molecular flexibility index (Phi) is 3.81. The van der Waals surface area contributed by atoms with Crippen molar-refractivity contribution in [3.8, 4) is 0 Å². The van der Waals surface area contributed by atoms with Crippen LogP contribution in [0.3, 0.4) is 0 Å². The fourth-order valence-corrected chi connectivity index (χ4v) is 0.584. The van der Waals surface area contributed by atoms with Gasteiger partial charge >= 0.3 is 6.18 Å². The normalized spacial score (nSPS) is 16.2. The first kappa shape index (κ1) is 11.0. The number of oxime groups is 1. The maximum atomic E-state index is 12.0. The third-order valence-corrected chi connectivity index (χ3v) is 1.20. The number of hydrogen-bond donors (Lipinski definition) is 2. The van der Waals surface area contributed by atoms with E-state index in [0.717, 1.165) is 7.11 Å². The standard InChI is InChI=1S/C5H9F3N2O2/c1-12-2-3(4(9)10-11)5(6,7)8/h3,11H,2H2,1H3,(H2,9,10). The van der Waals surface area contributed by atoms with E-state index in [-0.39, 0.29) is 0 Å². The van der Waals surface area contributed by atoms with E-state index in [1.165, 1.54) is 0 Å². The van der Waals surface area contributed by atoms with Crippen molar-refractivity contribution in [1.82, 2.24) is 0 Å². The van der Waals surface area contributed by atoms with Gasteiger partial charge in [0, 0.05) is 7.11 Å². The van der Waals surface area contributed by atoms with E-state index in [1.54, 1.807) is 0 Å². The molecule has 0 aromatic heterocycles. The minimum Gasteiger partial charge on any atom is -0.409 e. The zero-order valence-corrected chi connectivity index (χ0v) is 6.30. The Labute approximate surface area is 66.8 Å². The number of ether oxygens (including phenoxy) is 1. The molecule has 0 bridgehead atoms. The van der Waals surface area contributed by atoms with Crippen molar-refractivity contribution in [2.24, 2.45) is 16.8 Å². The van der Waals surface area contributed by atoms with Crippen molar-refractivity contribution in [1.29, 1.82) is 0 Å². The lowest BCUT2D eigenvalue weighted by Gasteiger charge is -2.17. The molecule has 3 N–H and O–H groups in total. The summed E-state index contributed by atoms with van der Waals surface area (Å²) in [6.07, 6.45) is -4.55. The highest BCUT2D eigenvalue weighted by Gasteiger charge is 2.42. The summed E-state index contributed by atoms with van der Waals surface area (Å²) in [6.45, 7) is -0.653. The zero-order chi connectivity index (χ0) is 9.78. The molecular formula is C5H9F3N2O2. The third kappa shape index (κ3) is 2.95. The first-order chi connectivity index (χ1) is 5.43. The molecule has 0 amide bonds. The molecule has 0 aliphatic carbocycles. The quantitative estimate of drug-likeness (QED) is 0.293. The van der Waals surface area contributed by atoms with Crippen LogP contribution < -0.4 is 5.73 Å². The Balaban J connectivity index is 4.44. The predicted octanol–water partition coefficient (Wildman–Crippen LogP) is 0.558. The van der Waals surface area contributed by atoms with Crippen molar-refractivity contribution in [3.05, 3.63) is 0 Å². The molecule has 1 atom stereocenters. The van der Waals surface area contributed by atoms with Crippen LogP contribution in [0, 0.1) is 5.92 Å². The topological polar surface area (TPSA) is 67.8 Å². The van der Waals surface area contributed by atoms with Crippen molar-refractivity contribution < 1.29 is 23.1 Å². The summed E-state index contributed by atoms with van der Waals surface area (Å²) in [5.74, 6) is -2.95. The van der Waals surface area contributed by atoms with Crippen LogP contribution in [0.4, 0.5) is 13.2 Å². The van der Waals surface area contributed by atoms with E-state index in [0.29, 0.717) is 0 Å². The molecule has 0 aliphatic rings. The number of amidine groups is 1. The molecule has 0 saturated heterocycles. The van der Waals surface area contributed by atoms with Crippen LogP contribution in [0.25, 0.3) is 0 Å². The lowest BCUT2D eigenvalue weighted by atomic mass is 10.1. The largest absolute Gasteiger partial charge is 0.409 e. The van der Waals surface area contributed by atoms with Gasteiger partial charge in [0.05, 0.1) is 6.61 Å². The summed E-state index contributed by atoms with van der Waals surface area (Å²) < 4.78 is 40.2. The van der Waals surface area contributed by atoms with Crippen molar-refractivity contribution in [2.45, 2.75) is 6.18 Å². The Morgan fingerprint density at radius 3 is 2.42 bits per heavy atom. The van der Waals surface area contributed by atoms with Gasteiger partial charge in [-0.1, -0.05) is 5.16 Å². The first-order valence-corrected chi connectivity index (χ1v) is 2.96. The second kappa shape index (κ2) is 4.15. The van der Waals surface area contributed by atoms with E-state index in [4.69, 9.17) is 10.9 Å². The van der Waals surface area contributed by atoms with E-state index in [2.05, 4.69) is 9.89 Å². The maximum Gasteiger partial charge on any atom is 0.401 e. The van der Waals surface area contributed by atoms with Crippen LogP contribution in [-0.2, 0) is 4.74 Å². The summed E-state index contributed by atoms with van der Waals surface area (Å²) >= 11 is 0. The molecule has 7 heteroatoms. The van der Waals surface area contributed by atoms with Gasteiger partial charge in [0.15, 0.2) is 5.84 Å². The van der Waals surface area contributed by atoms with Gasteiger partial charge in [-0.2, -0.15) is 13.2 Å². The van der Waals surface area contributed by atoms with Crippen LogP contribution >= 0.6 is 0 Å². The van der Waals surface area contributed by atoms with Gasteiger partial charge < -0.3 is 15.7 Å². The van der Waals surface area contributed by atoms with Crippen molar-refractivity contribution in [2.75, 3.05) is 13.7 Å². The molecule has 0 radical (unpaired) electrons. The molecule has 0 aromatic carbocycles. The van der Waals surface area contributed by atoms with E-state index < -0.39 is 24.5 Å². The maximum absolute atomic E-state index is 12.0. The lowest BCUT2D eigenvalue weighted by molar-refractivity contribution is -0.166. The van der Waals surface area contributed by atoms with Gasteiger partial charge in [0.25, 0.3) is 0 Å². The molecule has 0 heterocycles. The number of rotatable bonds is 3. The number of methoxy groups -OCH3 is 1. The van der Waals surface area contributed by atoms with Crippen LogP contribution in [0.15, 0.2) is 5.16 Å². The predicted molar refractivity (Wildman–Crippen MR) is 34.8 cm³/mol. The summed E-state index contributed by atoms with van der Waals surface area (Å²) in [7, 11) is 1.10. The SMILES string of the molecule is COCC(C(N)=NO)C(F)(F)F. The highest BCUT2D eigenvalue weighted by atomic mass is 19.4. The summed E-state index contributed by atoms with van der Waals surface area (Å²) in [5.41, 5.74) is 4.79. The number of alkyl halides is 3. The number of nitrogens with two attached hydrogens (primary N) is 1. The number of halogens is 3. The molecule has 0 saturated carbocycles. The molecule has 0 rings (SSSR count). The second-order valence-corrected chi connectivity index (χ2v) is 2.07. The third-order valence-electron chi connectivity index (χ3n) is 1.20. The Morgan fingerprint density at radius 1 is 1.67 bits per heavy atom. The fraction of sp³-hybridized carbons (Fsp3) is 0.800. The average Bonchev–Trinajstić information content (AvgIpc) is 1.96. The minimum absolute atomic E-state index is 0.653. The molecule has 12 heavy (non-hydrogen) atoms. The van der Waals surface area contributed by atoms with Gasteiger partial charge in [0.2, 0.25) is 0 Å². The van der Waals surface area contributed by atoms with E-state index >= 15 is 0 Å². The highest BCUT2D eigenvalue weighted by molar-refractivity contribution is 5.83. The fourth-order valence-electron chi connectivity index (χ4n) is 0.584. The number of nitrogens with zero attached hydrogens (tertiary/aromatic N) is 1. The van der Waals surface area contributed by atoms with Crippen LogP contribution in [0.1, 0.15) is 0 Å². The van der Waals surface area contributed by atoms with Crippen LogP contribution in [0.2, 0.25) is 0 Å². The lowest BCUT2D eigenvalue weighted by Crippen LogP contribution is -2.38. The summed E-state index contributed by atoms with van der Waals surface area (Å²) in [5, 5.41) is 10.3. The monoisotopic (exact) mass is 186 g/mol. The highest BCUT2D eigenvalue weighted by Crippen LogP contribution is 2.26. The first-order valence-electron chi connectivity index (χ1n) is 2.96. The zero-order valence-electron chi connectivity index (χ0n) is 6.30. The Bertz CT molecular complexity index is 169. The van der Waals surface area contributed by atoms with Gasteiger partial charge in [-0.15, -0.1) is 0 Å². The van der Waals surface area contributed by atoms with Crippen LogP contribution in [0.5, 0.6) is 0 Å². The molecule has 0 spiro atoms. The number of hydrogen-bond acceptors (Lipinski definition) is 3. The molecule has 1 unspecified atom stereocenters. The van der Waals surface area contributed by atoms with Crippen LogP contribution in [-0.4, -0.2) is 30.9 Å². The molecule has 0 fully saturated rings. The van der Waals surface area contributed by atoms with Gasteiger partial charge in [-0.05, 0) is 0 Å². The van der Waals surface area contributed by atoms with Gasteiger partial charge in [-0.3, -0.25) is 0 Å². The molecule has 4 nitrogen and oxygen atoms in total. The Hall–Kier alpha value is -0.980. The second-order valence-electron chi connectivity index (χ2n) is 2.07. The average molecular weight is 186 g/mol. The molecule has 72 valence electrons. The minimum atomic E-state index is -4.55. The van der Waals surface area contributed by atoms with Crippen molar-refractivity contribution in [3.63, 3.8) is 0 Å².